The van der Waals surface area contributed by atoms with Gasteiger partial charge in [0.15, 0.2) is 0 Å². The van der Waals surface area contributed by atoms with Crippen LogP contribution in [0.4, 0.5) is 0 Å². The number of pyridine rings is 1. The van der Waals surface area contributed by atoms with Crippen LogP contribution in [0.25, 0.3) is 6.08 Å². The Morgan fingerprint density at radius 3 is 2.62 bits per heavy atom. The maximum absolute atomic E-state index is 4.37. The maximum atomic E-state index is 4.37. The molecule has 0 bridgehead atoms. The summed E-state index contributed by atoms with van der Waals surface area (Å²) in [6, 6.07) is 2.22. The van der Waals surface area contributed by atoms with Crippen molar-refractivity contribution in [2.45, 2.75) is 33.6 Å². The molecule has 0 aliphatic rings. The van der Waals surface area contributed by atoms with Crippen molar-refractivity contribution in [3.05, 3.63) is 35.2 Å². The van der Waals surface area contributed by atoms with Crippen LogP contribution in [-0.2, 0) is 0 Å². The van der Waals surface area contributed by atoms with Crippen LogP contribution in [0.2, 0.25) is 0 Å². The number of rotatable bonds is 2. The molecule has 70 valence electrons. The van der Waals surface area contributed by atoms with Crippen LogP contribution >= 0.6 is 0 Å². The summed E-state index contributed by atoms with van der Waals surface area (Å²) >= 11 is 0. The van der Waals surface area contributed by atoms with Gasteiger partial charge < -0.3 is 0 Å². The Kier molecular flexibility index (Phi) is 3.24. The largest absolute Gasteiger partial charge is 0.261 e. The van der Waals surface area contributed by atoms with Crippen molar-refractivity contribution in [1.29, 1.82) is 0 Å². The summed E-state index contributed by atoms with van der Waals surface area (Å²) in [7, 11) is 0. The molecule has 0 saturated heterocycles. The molecule has 0 spiro atoms. The van der Waals surface area contributed by atoms with Gasteiger partial charge in [-0.2, -0.15) is 0 Å². The third-order valence-corrected chi connectivity index (χ3v) is 2.13. The van der Waals surface area contributed by atoms with E-state index in [1.807, 2.05) is 19.2 Å². The summed E-state index contributed by atoms with van der Waals surface area (Å²) in [6.07, 6.45) is 6.04. The highest BCUT2D eigenvalue weighted by atomic mass is 14.7. The Hall–Kier alpha value is -1.11. The number of aryl methyl sites for hydroxylation is 1. The van der Waals surface area contributed by atoms with Crippen LogP contribution in [0.15, 0.2) is 18.3 Å². The van der Waals surface area contributed by atoms with Crippen LogP contribution in [0, 0.1) is 6.92 Å². The van der Waals surface area contributed by atoms with E-state index in [1.165, 1.54) is 11.1 Å². The molecule has 0 saturated carbocycles. The highest BCUT2D eigenvalue weighted by molar-refractivity contribution is 5.49. The van der Waals surface area contributed by atoms with Gasteiger partial charge in [0.05, 0.1) is 0 Å². The minimum atomic E-state index is 0.553. The summed E-state index contributed by atoms with van der Waals surface area (Å²) in [5.41, 5.74) is 3.68. The lowest BCUT2D eigenvalue weighted by atomic mass is 10.0. The fourth-order valence-corrected chi connectivity index (χ4v) is 1.44. The van der Waals surface area contributed by atoms with E-state index in [2.05, 4.69) is 37.9 Å². The zero-order chi connectivity index (χ0) is 9.84. The first kappa shape index (κ1) is 9.97. The fraction of sp³-hybridized carbons (Fsp3) is 0.417. The van der Waals surface area contributed by atoms with Crippen molar-refractivity contribution < 1.29 is 0 Å². The standard InChI is InChI=1S/C12H17N/c1-5-6-11-7-12(9(2)3)10(4)13-8-11/h5-9H,1-4H3/b6-5+. The Balaban J connectivity index is 3.11. The van der Waals surface area contributed by atoms with Gasteiger partial charge in [0.1, 0.15) is 0 Å². The molecule has 1 aromatic heterocycles. The number of hydrogen-bond donors (Lipinski definition) is 0. The molecule has 0 fully saturated rings. The van der Waals surface area contributed by atoms with Crippen molar-refractivity contribution in [1.82, 2.24) is 4.98 Å². The van der Waals surface area contributed by atoms with Crippen molar-refractivity contribution in [2.75, 3.05) is 0 Å². The lowest BCUT2D eigenvalue weighted by Gasteiger charge is -2.09. The smallest absolute Gasteiger partial charge is 0.0407 e. The molecule has 1 aromatic rings. The Morgan fingerprint density at radius 2 is 2.08 bits per heavy atom. The molecule has 0 radical (unpaired) electrons. The van der Waals surface area contributed by atoms with Crippen LogP contribution in [0.3, 0.4) is 0 Å². The summed E-state index contributed by atoms with van der Waals surface area (Å²) in [5, 5.41) is 0. The topological polar surface area (TPSA) is 12.9 Å². The van der Waals surface area contributed by atoms with Gasteiger partial charge in [0.2, 0.25) is 0 Å². The Morgan fingerprint density at radius 1 is 1.38 bits per heavy atom. The molecule has 0 amide bonds. The van der Waals surface area contributed by atoms with Gasteiger partial charge in [0.25, 0.3) is 0 Å². The molecule has 1 heterocycles. The number of nitrogens with zero attached hydrogens (tertiary/aromatic N) is 1. The van der Waals surface area contributed by atoms with Crippen molar-refractivity contribution >= 4 is 6.08 Å². The van der Waals surface area contributed by atoms with Gasteiger partial charge in [-0.15, -0.1) is 0 Å². The Labute approximate surface area is 80.5 Å². The SMILES string of the molecule is C/C=C/c1cnc(C)c(C(C)C)c1. The van der Waals surface area contributed by atoms with Gasteiger partial charge >= 0.3 is 0 Å². The van der Waals surface area contributed by atoms with E-state index in [4.69, 9.17) is 0 Å². The molecule has 0 aliphatic heterocycles. The first-order valence-corrected chi connectivity index (χ1v) is 4.74. The normalized spacial score (nSPS) is 11.5. The van der Waals surface area contributed by atoms with E-state index >= 15 is 0 Å². The number of aromatic nitrogens is 1. The van der Waals surface area contributed by atoms with Crippen LogP contribution in [0.1, 0.15) is 43.5 Å². The molecule has 0 atom stereocenters. The summed E-state index contributed by atoms with van der Waals surface area (Å²) < 4.78 is 0. The lowest BCUT2D eigenvalue weighted by Crippen LogP contribution is -1.95. The second-order valence-corrected chi connectivity index (χ2v) is 3.60. The minimum absolute atomic E-state index is 0.553. The second-order valence-electron chi connectivity index (χ2n) is 3.60. The first-order valence-electron chi connectivity index (χ1n) is 4.74. The molecule has 0 unspecified atom stereocenters. The third-order valence-electron chi connectivity index (χ3n) is 2.13. The molecule has 0 aliphatic carbocycles. The predicted molar refractivity (Wildman–Crippen MR) is 57.8 cm³/mol. The van der Waals surface area contributed by atoms with Gasteiger partial charge in [-0.1, -0.05) is 26.0 Å². The van der Waals surface area contributed by atoms with E-state index < -0.39 is 0 Å². The van der Waals surface area contributed by atoms with E-state index in [-0.39, 0.29) is 0 Å². The molecule has 1 rings (SSSR count). The zero-order valence-electron chi connectivity index (χ0n) is 8.83. The van der Waals surface area contributed by atoms with Crippen molar-refractivity contribution in [3.63, 3.8) is 0 Å². The van der Waals surface area contributed by atoms with Crippen LogP contribution in [-0.4, -0.2) is 4.98 Å². The lowest BCUT2D eigenvalue weighted by molar-refractivity contribution is 0.842. The molecule has 0 aromatic carbocycles. The fourth-order valence-electron chi connectivity index (χ4n) is 1.44. The van der Waals surface area contributed by atoms with Crippen molar-refractivity contribution in [3.8, 4) is 0 Å². The molecule has 1 nitrogen and oxygen atoms in total. The first-order chi connectivity index (χ1) is 6.15. The zero-order valence-corrected chi connectivity index (χ0v) is 8.83. The van der Waals surface area contributed by atoms with E-state index in [1.54, 1.807) is 0 Å². The van der Waals surface area contributed by atoms with E-state index in [9.17, 15) is 0 Å². The highest BCUT2D eigenvalue weighted by Gasteiger charge is 2.03. The Bertz CT molecular complexity index is 311. The molecule has 1 heteroatoms. The van der Waals surface area contributed by atoms with Gasteiger partial charge in [0, 0.05) is 11.9 Å². The van der Waals surface area contributed by atoms with E-state index in [0.717, 1.165) is 5.69 Å². The maximum Gasteiger partial charge on any atom is 0.0407 e. The molecule has 13 heavy (non-hydrogen) atoms. The number of allylic oxidation sites excluding steroid dienone is 1. The average Bonchev–Trinajstić information content (AvgIpc) is 2.08. The van der Waals surface area contributed by atoms with E-state index in [0.29, 0.717) is 5.92 Å². The number of hydrogen-bond acceptors (Lipinski definition) is 1. The summed E-state index contributed by atoms with van der Waals surface area (Å²) in [6.45, 7) is 8.48. The summed E-state index contributed by atoms with van der Waals surface area (Å²) in [5.74, 6) is 0.553. The summed E-state index contributed by atoms with van der Waals surface area (Å²) in [4.78, 5) is 4.37. The quantitative estimate of drug-likeness (QED) is 0.670. The van der Waals surface area contributed by atoms with Gasteiger partial charge in [-0.05, 0) is 37.0 Å². The van der Waals surface area contributed by atoms with Gasteiger partial charge in [-0.25, -0.2) is 0 Å². The molecular weight excluding hydrogens is 158 g/mol. The molecule has 0 N–H and O–H groups in total. The minimum Gasteiger partial charge on any atom is -0.261 e. The third kappa shape index (κ3) is 2.41. The van der Waals surface area contributed by atoms with Crippen molar-refractivity contribution in [2.24, 2.45) is 0 Å². The average molecular weight is 175 g/mol. The highest BCUT2D eigenvalue weighted by Crippen LogP contribution is 2.18. The van der Waals surface area contributed by atoms with Crippen LogP contribution < -0.4 is 0 Å². The van der Waals surface area contributed by atoms with Crippen LogP contribution in [0.5, 0.6) is 0 Å². The second kappa shape index (κ2) is 4.22. The monoisotopic (exact) mass is 175 g/mol. The predicted octanol–water partition coefficient (Wildman–Crippen LogP) is 3.55. The molecular formula is C12H17N. The van der Waals surface area contributed by atoms with Gasteiger partial charge in [-0.3, -0.25) is 4.98 Å².